The van der Waals surface area contributed by atoms with Crippen LogP contribution in [0.25, 0.3) is 12.2 Å². The Morgan fingerprint density at radius 2 is 1.17 bits per heavy atom. The lowest BCUT2D eigenvalue weighted by Gasteiger charge is -2.06. The average Bonchev–Trinajstić information content (AvgIpc) is 2.65. The molecule has 0 aromatic carbocycles. The molecule has 0 aliphatic carbocycles. The Kier molecular flexibility index (Phi) is 7.54. The number of nitrogens with zero attached hydrogens (tertiary/aromatic N) is 2. The molecule has 0 N–H and O–H groups in total. The van der Waals surface area contributed by atoms with Crippen LogP contribution in [-0.2, 0) is 0 Å². The number of hydrogen-bond acceptors (Lipinski definition) is 4. The zero-order chi connectivity index (χ0) is 17.0. The van der Waals surface area contributed by atoms with Crippen LogP contribution in [0.15, 0.2) is 49.8 Å². The molecule has 0 aliphatic heterocycles. The highest BCUT2D eigenvalue weighted by Crippen LogP contribution is 2.11. The van der Waals surface area contributed by atoms with Crippen molar-refractivity contribution in [3.63, 3.8) is 0 Å². The number of ether oxygens (including phenoxy) is 2. The molecule has 2 aromatic heterocycles. The minimum Gasteiger partial charge on any atom is -0.478 e. The standard InChI is InChI=1S/C20H24N2O2/c1-3-17-9-11-19(21-15-17)23-13-7-5-6-8-14-24-20-12-10-18(4-2)16-22-20/h3-4,9-12,15-16H,1-2,5-8,13-14H2. The van der Waals surface area contributed by atoms with E-state index in [0.717, 1.165) is 36.8 Å². The normalized spacial score (nSPS) is 10.2. The van der Waals surface area contributed by atoms with E-state index in [1.54, 1.807) is 24.5 Å². The van der Waals surface area contributed by atoms with Gasteiger partial charge in [-0.25, -0.2) is 9.97 Å². The van der Waals surface area contributed by atoms with Crippen molar-refractivity contribution in [2.75, 3.05) is 13.2 Å². The highest BCUT2D eigenvalue weighted by molar-refractivity contribution is 5.46. The van der Waals surface area contributed by atoms with Crippen molar-refractivity contribution in [3.8, 4) is 11.8 Å². The molecule has 4 heteroatoms. The first kappa shape index (κ1) is 17.7. The summed E-state index contributed by atoms with van der Waals surface area (Å²) >= 11 is 0. The van der Waals surface area contributed by atoms with Crippen LogP contribution in [0.5, 0.6) is 11.8 Å². The zero-order valence-corrected chi connectivity index (χ0v) is 14.0. The van der Waals surface area contributed by atoms with Gasteiger partial charge in [-0.2, -0.15) is 0 Å². The summed E-state index contributed by atoms with van der Waals surface area (Å²) in [4.78, 5) is 8.43. The van der Waals surface area contributed by atoms with Gasteiger partial charge >= 0.3 is 0 Å². The van der Waals surface area contributed by atoms with E-state index >= 15 is 0 Å². The van der Waals surface area contributed by atoms with Crippen LogP contribution in [0.4, 0.5) is 0 Å². The number of hydrogen-bond donors (Lipinski definition) is 0. The monoisotopic (exact) mass is 324 g/mol. The Hall–Kier alpha value is -2.62. The summed E-state index contributed by atoms with van der Waals surface area (Å²) in [5, 5.41) is 0. The summed E-state index contributed by atoms with van der Waals surface area (Å²) in [6.45, 7) is 8.77. The number of aromatic nitrogens is 2. The molecule has 4 nitrogen and oxygen atoms in total. The van der Waals surface area contributed by atoms with Gasteiger partial charge < -0.3 is 9.47 Å². The van der Waals surface area contributed by atoms with Gasteiger partial charge in [0.25, 0.3) is 0 Å². The Labute approximate surface area is 143 Å². The second-order valence-electron chi connectivity index (χ2n) is 5.38. The molecule has 2 rings (SSSR count). The first-order chi connectivity index (χ1) is 11.8. The Balaban J connectivity index is 1.50. The summed E-state index contributed by atoms with van der Waals surface area (Å²) in [5.74, 6) is 1.33. The highest BCUT2D eigenvalue weighted by atomic mass is 16.5. The molecule has 0 spiro atoms. The van der Waals surface area contributed by atoms with Crippen LogP contribution >= 0.6 is 0 Å². The van der Waals surface area contributed by atoms with Crippen LogP contribution < -0.4 is 9.47 Å². The molecule has 0 atom stereocenters. The van der Waals surface area contributed by atoms with Crippen molar-refractivity contribution in [2.45, 2.75) is 25.7 Å². The Bertz CT molecular complexity index is 564. The second kappa shape index (κ2) is 10.2. The summed E-state index contributed by atoms with van der Waals surface area (Å²) in [6.07, 6.45) is 11.3. The lowest BCUT2D eigenvalue weighted by atomic mass is 10.2. The van der Waals surface area contributed by atoms with E-state index in [0.29, 0.717) is 25.0 Å². The van der Waals surface area contributed by atoms with E-state index < -0.39 is 0 Å². The molecule has 0 radical (unpaired) electrons. The molecule has 2 aromatic rings. The lowest BCUT2D eigenvalue weighted by Crippen LogP contribution is -2.01. The Morgan fingerprint density at radius 1 is 0.708 bits per heavy atom. The van der Waals surface area contributed by atoms with Gasteiger partial charge in [0.05, 0.1) is 13.2 Å². The van der Waals surface area contributed by atoms with Gasteiger partial charge in [0.1, 0.15) is 0 Å². The summed E-state index contributed by atoms with van der Waals surface area (Å²) in [5.41, 5.74) is 1.99. The maximum atomic E-state index is 5.61. The van der Waals surface area contributed by atoms with Crippen molar-refractivity contribution in [1.29, 1.82) is 0 Å². The number of unbranched alkanes of at least 4 members (excludes halogenated alkanes) is 3. The molecule has 0 saturated carbocycles. The van der Waals surface area contributed by atoms with E-state index in [1.807, 2.05) is 24.3 Å². The molecule has 0 amide bonds. The molecule has 0 fully saturated rings. The minimum atomic E-state index is 0.665. The first-order valence-corrected chi connectivity index (χ1v) is 8.24. The molecular formula is C20H24N2O2. The second-order valence-corrected chi connectivity index (χ2v) is 5.38. The fraction of sp³-hybridized carbons (Fsp3) is 0.300. The molecule has 0 unspecified atom stereocenters. The highest BCUT2D eigenvalue weighted by Gasteiger charge is 1.97. The van der Waals surface area contributed by atoms with Gasteiger partial charge in [-0.15, -0.1) is 0 Å². The van der Waals surface area contributed by atoms with Crippen LogP contribution in [-0.4, -0.2) is 23.2 Å². The third-order valence-corrected chi connectivity index (χ3v) is 3.53. The lowest BCUT2D eigenvalue weighted by molar-refractivity contribution is 0.277. The predicted octanol–water partition coefficient (Wildman–Crippen LogP) is 4.78. The van der Waals surface area contributed by atoms with Crippen molar-refractivity contribution in [2.24, 2.45) is 0 Å². The molecule has 0 aliphatic rings. The zero-order valence-electron chi connectivity index (χ0n) is 14.0. The maximum Gasteiger partial charge on any atom is 0.213 e. The third-order valence-electron chi connectivity index (χ3n) is 3.53. The van der Waals surface area contributed by atoms with Crippen LogP contribution in [0, 0.1) is 0 Å². The van der Waals surface area contributed by atoms with Gasteiger partial charge in [-0.1, -0.05) is 25.3 Å². The van der Waals surface area contributed by atoms with Crippen LogP contribution in [0.1, 0.15) is 36.8 Å². The molecule has 126 valence electrons. The molecule has 2 heterocycles. The third kappa shape index (κ3) is 6.24. The smallest absolute Gasteiger partial charge is 0.213 e. The fourth-order valence-corrected chi connectivity index (χ4v) is 2.11. The summed E-state index contributed by atoms with van der Waals surface area (Å²) in [6, 6.07) is 7.63. The first-order valence-electron chi connectivity index (χ1n) is 8.24. The van der Waals surface area contributed by atoms with Gasteiger partial charge in [-0.05, 0) is 48.9 Å². The predicted molar refractivity (Wildman–Crippen MR) is 98.1 cm³/mol. The van der Waals surface area contributed by atoms with Crippen LogP contribution in [0.2, 0.25) is 0 Å². The number of pyridine rings is 2. The SMILES string of the molecule is C=Cc1ccc(OCCCCCCOc2ccc(C=C)cn2)nc1. The average molecular weight is 324 g/mol. The molecule has 24 heavy (non-hydrogen) atoms. The summed E-state index contributed by atoms with van der Waals surface area (Å²) in [7, 11) is 0. The topological polar surface area (TPSA) is 44.2 Å². The van der Waals surface area contributed by atoms with E-state index in [4.69, 9.17) is 9.47 Å². The molecule has 0 saturated heterocycles. The maximum absolute atomic E-state index is 5.61. The van der Waals surface area contributed by atoms with E-state index in [1.165, 1.54) is 0 Å². The van der Waals surface area contributed by atoms with Crippen molar-refractivity contribution in [3.05, 3.63) is 60.9 Å². The van der Waals surface area contributed by atoms with Crippen molar-refractivity contribution < 1.29 is 9.47 Å². The minimum absolute atomic E-state index is 0.665. The van der Waals surface area contributed by atoms with Gasteiger partial charge in [0, 0.05) is 24.5 Å². The summed E-state index contributed by atoms with van der Waals surface area (Å²) < 4.78 is 11.2. The Morgan fingerprint density at radius 3 is 1.50 bits per heavy atom. The van der Waals surface area contributed by atoms with E-state index in [-0.39, 0.29) is 0 Å². The van der Waals surface area contributed by atoms with Gasteiger partial charge in [0.2, 0.25) is 11.8 Å². The largest absolute Gasteiger partial charge is 0.478 e. The molecule has 0 bridgehead atoms. The number of rotatable bonds is 11. The molecular weight excluding hydrogens is 300 g/mol. The quantitative estimate of drug-likeness (QED) is 0.558. The van der Waals surface area contributed by atoms with Crippen molar-refractivity contribution >= 4 is 12.2 Å². The van der Waals surface area contributed by atoms with E-state index in [9.17, 15) is 0 Å². The van der Waals surface area contributed by atoms with Gasteiger partial charge in [0.15, 0.2) is 0 Å². The van der Waals surface area contributed by atoms with Gasteiger partial charge in [-0.3, -0.25) is 0 Å². The van der Waals surface area contributed by atoms with E-state index in [2.05, 4.69) is 23.1 Å². The fourth-order valence-electron chi connectivity index (χ4n) is 2.11. The van der Waals surface area contributed by atoms with Crippen molar-refractivity contribution in [1.82, 2.24) is 9.97 Å². The van der Waals surface area contributed by atoms with Crippen LogP contribution in [0.3, 0.4) is 0 Å².